The highest BCUT2D eigenvalue weighted by Gasteiger charge is 2.15. The SMILES string of the molecule is COc1ccc(-c2cc(-c3ccc(C)o3)c(-c3ccc(OC)cc3)nn2)cc1. The third-order valence-electron chi connectivity index (χ3n) is 4.55. The number of methoxy groups -OCH3 is 2. The number of furan rings is 1. The Labute approximate surface area is 163 Å². The molecule has 2 heterocycles. The minimum Gasteiger partial charge on any atom is -0.497 e. The van der Waals surface area contributed by atoms with Crippen LogP contribution in [0.2, 0.25) is 0 Å². The van der Waals surface area contributed by atoms with E-state index in [0.29, 0.717) is 0 Å². The molecule has 0 unspecified atom stereocenters. The van der Waals surface area contributed by atoms with Gasteiger partial charge in [0.2, 0.25) is 0 Å². The molecule has 0 saturated carbocycles. The standard InChI is InChI=1S/C23H20N2O3/c1-15-4-13-22(28-15)20-14-21(16-5-9-18(26-2)10-6-16)24-25-23(20)17-7-11-19(27-3)12-8-17/h4-14H,1-3H3. The van der Waals surface area contributed by atoms with Gasteiger partial charge in [-0.1, -0.05) is 0 Å². The second kappa shape index (κ2) is 7.56. The number of aryl methyl sites for hydroxylation is 1. The predicted octanol–water partition coefficient (Wildman–Crippen LogP) is 5.40. The molecule has 5 nitrogen and oxygen atoms in total. The largest absolute Gasteiger partial charge is 0.497 e. The van der Waals surface area contributed by atoms with Crippen LogP contribution < -0.4 is 9.47 Å². The molecule has 140 valence electrons. The van der Waals surface area contributed by atoms with E-state index in [2.05, 4.69) is 10.2 Å². The Morgan fingerprint density at radius 3 is 1.86 bits per heavy atom. The molecule has 4 rings (SSSR count). The molecule has 0 spiro atoms. The molecule has 0 aliphatic rings. The van der Waals surface area contributed by atoms with Crippen LogP contribution in [-0.2, 0) is 0 Å². The van der Waals surface area contributed by atoms with Gasteiger partial charge in [0, 0.05) is 16.7 Å². The molecule has 2 aromatic heterocycles. The molecule has 0 bridgehead atoms. The van der Waals surface area contributed by atoms with E-state index in [1.54, 1.807) is 14.2 Å². The van der Waals surface area contributed by atoms with Gasteiger partial charge >= 0.3 is 0 Å². The molecular formula is C23H20N2O3. The minimum atomic E-state index is 0.757. The van der Waals surface area contributed by atoms with Crippen molar-refractivity contribution in [1.29, 1.82) is 0 Å². The van der Waals surface area contributed by atoms with Crippen LogP contribution in [-0.4, -0.2) is 24.4 Å². The second-order valence-electron chi connectivity index (χ2n) is 6.36. The maximum Gasteiger partial charge on any atom is 0.136 e. The number of hydrogen-bond donors (Lipinski definition) is 0. The molecule has 0 amide bonds. The van der Waals surface area contributed by atoms with Gasteiger partial charge in [0.25, 0.3) is 0 Å². The van der Waals surface area contributed by atoms with Crippen LogP contribution in [0.5, 0.6) is 11.5 Å². The Morgan fingerprint density at radius 1 is 0.714 bits per heavy atom. The molecule has 0 aliphatic carbocycles. The van der Waals surface area contributed by atoms with Crippen LogP contribution in [0, 0.1) is 6.92 Å². The quantitative estimate of drug-likeness (QED) is 0.470. The lowest BCUT2D eigenvalue weighted by Gasteiger charge is -2.10. The summed E-state index contributed by atoms with van der Waals surface area (Å²) < 4.78 is 16.4. The highest BCUT2D eigenvalue weighted by atomic mass is 16.5. The highest BCUT2D eigenvalue weighted by Crippen LogP contribution is 2.34. The first kappa shape index (κ1) is 17.8. The fourth-order valence-corrected chi connectivity index (χ4v) is 3.02. The van der Waals surface area contributed by atoms with Crippen molar-refractivity contribution < 1.29 is 13.9 Å². The van der Waals surface area contributed by atoms with E-state index in [-0.39, 0.29) is 0 Å². The van der Waals surface area contributed by atoms with Crippen molar-refractivity contribution >= 4 is 0 Å². The lowest BCUT2D eigenvalue weighted by Crippen LogP contribution is -1.95. The molecule has 0 atom stereocenters. The van der Waals surface area contributed by atoms with E-state index in [9.17, 15) is 0 Å². The Balaban J connectivity index is 1.83. The summed E-state index contributed by atoms with van der Waals surface area (Å²) in [5.41, 5.74) is 4.31. The molecule has 5 heteroatoms. The van der Waals surface area contributed by atoms with E-state index in [1.807, 2.05) is 73.7 Å². The first-order valence-electron chi connectivity index (χ1n) is 8.91. The van der Waals surface area contributed by atoms with Crippen LogP contribution in [0.15, 0.2) is 71.1 Å². The van der Waals surface area contributed by atoms with Gasteiger partial charge in [0.1, 0.15) is 28.7 Å². The average Bonchev–Trinajstić information content (AvgIpc) is 3.19. The molecule has 4 aromatic rings. The van der Waals surface area contributed by atoms with Crippen molar-refractivity contribution in [3.8, 4) is 45.3 Å². The second-order valence-corrected chi connectivity index (χ2v) is 6.36. The predicted molar refractivity (Wildman–Crippen MR) is 108 cm³/mol. The van der Waals surface area contributed by atoms with Gasteiger partial charge in [-0.15, -0.1) is 10.2 Å². The maximum atomic E-state index is 5.89. The first-order valence-corrected chi connectivity index (χ1v) is 8.91. The lowest BCUT2D eigenvalue weighted by atomic mass is 10.0. The first-order chi connectivity index (χ1) is 13.7. The molecular weight excluding hydrogens is 352 g/mol. The Morgan fingerprint density at radius 2 is 1.32 bits per heavy atom. The Kier molecular flexibility index (Phi) is 4.81. The van der Waals surface area contributed by atoms with Gasteiger partial charge in [0.15, 0.2) is 0 Å². The molecule has 0 fully saturated rings. The van der Waals surface area contributed by atoms with Crippen molar-refractivity contribution in [3.63, 3.8) is 0 Å². The van der Waals surface area contributed by atoms with Crippen molar-refractivity contribution in [2.45, 2.75) is 6.92 Å². The zero-order valence-corrected chi connectivity index (χ0v) is 16.0. The fourth-order valence-electron chi connectivity index (χ4n) is 3.02. The molecule has 28 heavy (non-hydrogen) atoms. The van der Waals surface area contributed by atoms with E-state index >= 15 is 0 Å². The number of benzene rings is 2. The summed E-state index contributed by atoms with van der Waals surface area (Å²) in [6, 6.07) is 21.4. The van der Waals surface area contributed by atoms with E-state index in [4.69, 9.17) is 13.9 Å². The average molecular weight is 372 g/mol. The van der Waals surface area contributed by atoms with Crippen LogP contribution in [0.3, 0.4) is 0 Å². The number of aromatic nitrogens is 2. The number of rotatable bonds is 5. The van der Waals surface area contributed by atoms with Crippen LogP contribution in [0.25, 0.3) is 33.8 Å². The van der Waals surface area contributed by atoms with Gasteiger partial charge in [-0.25, -0.2) is 0 Å². The summed E-state index contributed by atoms with van der Waals surface area (Å²) in [6.45, 7) is 1.93. The van der Waals surface area contributed by atoms with E-state index in [1.165, 1.54) is 0 Å². The van der Waals surface area contributed by atoms with Crippen LogP contribution in [0.1, 0.15) is 5.76 Å². The summed E-state index contributed by atoms with van der Waals surface area (Å²) in [5, 5.41) is 8.98. The zero-order valence-electron chi connectivity index (χ0n) is 16.0. The number of hydrogen-bond acceptors (Lipinski definition) is 5. The van der Waals surface area contributed by atoms with Crippen molar-refractivity contribution in [2.24, 2.45) is 0 Å². The number of nitrogens with zero attached hydrogens (tertiary/aromatic N) is 2. The highest BCUT2D eigenvalue weighted by molar-refractivity contribution is 5.81. The normalized spacial score (nSPS) is 10.7. The number of ether oxygens (including phenoxy) is 2. The van der Waals surface area contributed by atoms with Crippen molar-refractivity contribution in [3.05, 3.63) is 72.5 Å². The monoisotopic (exact) mass is 372 g/mol. The summed E-state index contributed by atoms with van der Waals surface area (Å²) >= 11 is 0. The van der Waals surface area contributed by atoms with Gasteiger partial charge in [-0.05, 0) is 73.7 Å². The van der Waals surface area contributed by atoms with Gasteiger partial charge < -0.3 is 13.9 Å². The topological polar surface area (TPSA) is 57.4 Å². The summed E-state index contributed by atoms with van der Waals surface area (Å²) in [6.07, 6.45) is 0. The van der Waals surface area contributed by atoms with Crippen molar-refractivity contribution in [2.75, 3.05) is 14.2 Å². The van der Waals surface area contributed by atoms with Gasteiger partial charge in [0.05, 0.1) is 19.9 Å². The molecule has 0 radical (unpaired) electrons. The van der Waals surface area contributed by atoms with Gasteiger partial charge in [-0.3, -0.25) is 0 Å². The molecule has 0 saturated heterocycles. The summed E-state index contributed by atoms with van der Waals surface area (Å²) in [7, 11) is 3.30. The van der Waals surface area contributed by atoms with Crippen LogP contribution >= 0.6 is 0 Å². The van der Waals surface area contributed by atoms with Crippen LogP contribution in [0.4, 0.5) is 0 Å². The van der Waals surface area contributed by atoms with E-state index in [0.717, 1.165) is 51.1 Å². The minimum absolute atomic E-state index is 0.757. The smallest absolute Gasteiger partial charge is 0.136 e. The van der Waals surface area contributed by atoms with Gasteiger partial charge in [-0.2, -0.15) is 0 Å². The molecule has 0 aliphatic heterocycles. The Hall–Kier alpha value is -3.60. The molecule has 0 N–H and O–H groups in total. The summed E-state index contributed by atoms with van der Waals surface area (Å²) in [5.74, 6) is 3.20. The Bertz CT molecular complexity index is 1080. The van der Waals surface area contributed by atoms with Crippen molar-refractivity contribution in [1.82, 2.24) is 10.2 Å². The third kappa shape index (κ3) is 3.47. The third-order valence-corrected chi connectivity index (χ3v) is 4.55. The maximum absolute atomic E-state index is 5.89. The fraction of sp³-hybridized carbons (Fsp3) is 0.130. The summed E-state index contributed by atoms with van der Waals surface area (Å²) in [4.78, 5) is 0. The van der Waals surface area contributed by atoms with E-state index < -0.39 is 0 Å². The zero-order chi connectivity index (χ0) is 19.5. The lowest BCUT2D eigenvalue weighted by molar-refractivity contribution is 0.414. The molecule has 2 aromatic carbocycles.